The normalized spacial score (nSPS) is 28.0. The zero-order chi connectivity index (χ0) is 35.9. The van der Waals surface area contributed by atoms with Gasteiger partial charge in [0.25, 0.3) is 0 Å². The lowest BCUT2D eigenvalue weighted by Crippen LogP contribution is -2.53. The molecule has 51 heavy (non-hydrogen) atoms. The summed E-state index contributed by atoms with van der Waals surface area (Å²) in [5.74, 6) is 3.15. The lowest BCUT2D eigenvalue weighted by Gasteiger charge is -2.47. The van der Waals surface area contributed by atoms with Crippen LogP contribution in [0.2, 0.25) is 5.02 Å². The number of nitrogens with zero attached hydrogens (tertiary/aromatic N) is 2. The summed E-state index contributed by atoms with van der Waals surface area (Å²) >= 11 is 6.30. The van der Waals surface area contributed by atoms with E-state index >= 15 is 0 Å². The first-order valence-electron chi connectivity index (χ1n) is 18.9. The van der Waals surface area contributed by atoms with Crippen LogP contribution in [0.3, 0.4) is 0 Å². The lowest BCUT2D eigenvalue weighted by atomic mass is 9.59. The number of nitrogens with one attached hydrogen (secondary N) is 1. The topological polar surface area (TPSA) is 93.2 Å². The van der Waals surface area contributed by atoms with Crippen LogP contribution in [0.5, 0.6) is 17.2 Å². The van der Waals surface area contributed by atoms with Gasteiger partial charge in [0.15, 0.2) is 11.5 Å². The van der Waals surface area contributed by atoms with E-state index in [0.29, 0.717) is 61.5 Å². The summed E-state index contributed by atoms with van der Waals surface area (Å²) in [5.41, 5.74) is 4.57. The molecule has 3 aliphatic carbocycles. The van der Waals surface area contributed by atoms with Gasteiger partial charge in [-0.3, -0.25) is 4.98 Å². The lowest BCUT2D eigenvalue weighted by molar-refractivity contribution is -0.144. The van der Waals surface area contributed by atoms with E-state index in [0.717, 1.165) is 55.0 Å². The number of aliphatic carboxylic acids is 1. The van der Waals surface area contributed by atoms with Gasteiger partial charge in [-0.05, 0) is 150 Å². The predicted molar refractivity (Wildman–Crippen MR) is 202 cm³/mol. The van der Waals surface area contributed by atoms with Crippen molar-refractivity contribution in [3.05, 3.63) is 76.1 Å². The molecule has 2 N–H and O–H groups in total. The monoisotopic (exact) mass is 715 g/mol. The van der Waals surface area contributed by atoms with Crippen molar-refractivity contribution >= 4 is 23.3 Å². The van der Waals surface area contributed by atoms with Crippen LogP contribution in [0, 0.1) is 17.8 Å². The highest BCUT2D eigenvalue weighted by molar-refractivity contribution is 6.30. The van der Waals surface area contributed by atoms with Gasteiger partial charge in [-0.25, -0.2) is 4.79 Å². The third-order valence-electron chi connectivity index (χ3n) is 12.8. The van der Waals surface area contributed by atoms with Gasteiger partial charge in [-0.1, -0.05) is 31.5 Å². The molecular weight excluding hydrogens is 662 g/mol. The molecule has 2 heterocycles. The molecule has 274 valence electrons. The number of hydrogen-bond acceptors (Lipinski definition) is 7. The van der Waals surface area contributed by atoms with Gasteiger partial charge in [0, 0.05) is 40.1 Å². The van der Waals surface area contributed by atoms with Crippen molar-refractivity contribution in [1.82, 2.24) is 9.88 Å². The van der Waals surface area contributed by atoms with Crippen LogP contribution in [0.25, 0.3) is 0 Å². The fourth-order valence-electron chi connectivity index (χ4n) is 9.48. The number of hydrogen-bond donors (Lipinski definition) is 2. The maximum Gasteiger partial charge on any atom is 0.329 e. The number of rotatable bonds is 10. The first-order chi connectivity index (χ1) is 24.5. The third kappa shape index (κ3) is 7.03. The van der Waals surface area contributed by atoms with Crippen molar-refractivity contribution < 1.29 is 24.1 Å². The van der Waals surface area contributed by atoms with Crippen LogP contribution in [-0.4, -0.2) is 66.5 Å². The van der Waals surface area contributed by atoms with Crippen molar-refractivity contribution in [2.45, 2.75) is 101 Å². The summed E-state index contributed by atoms with van der Waals surface area (Å²) in [6, 6.07) is 14.2. The van der Waals surface area contributed by atoms with Gasteiger partial charge in [-0.15, -0.1) is 0 Å². The minimum Gasteiger partial charge on any atom is -0.493 e. The van der Waals surface area contributed by atoms with E-state index in [9.17, 15) is 9.90 Å². The number of carbonyl (C=O) groups is 1. The minimum absolute atomic E-state index is 0.177. The summed E-state index contributed by atoms with van der Waals surface area (Å²) in [6.45, 7) is 8.65. The van der Waals surface area contributed by atoms with Crippen LogP contribution in [-0.2, 0) is 23.1 Å². The largest absolute Gasteiger partial charge is 0.493 e. The molecule has 3 aromatic rings. The maximum absolute atomic E-state index is 13.0. The van der Waals surface area contributed by atoms with Crippen LogP contribution in [0.4, 0.5) is 5.69 Å². The number of anilines is 1. The Morgan fingerprint density at radius 2 is 1.84 bits per heavy atom. The number of carboxylic acid groups (broad SMARTS) is 1. The molecule has 2 aromatic carbocycles. The van der Waals surface area contributed by atoms with E-state index in [-0.39, 0.29) is 11.3 Å². The Labute approximate surface area is 308 Å². The summed E-state index contributed by atoms with van der Waals surface area (Å²) in [7, 11) is 4.19. The molecule has 1 aliphatic heterocycles. The van der Waals surface area contributed by atoms with Crippen molar-refractivity contribution in [1.29, 1.82) is 0 Å². The number of ether oxygens (including phenoxy) is 3. The highest BCUT2D eigenvalue weighted by Gasteiger charge is 2.54. The average molecular weight is 716 g/mol. The van der Waals surface area contributed by atoms with E-state index < -0.39 is 11.5 Å². The van der Waals surface area contributed by atoms with Crippen molar-refractivity contribution in [2.75, 3.05) is 39.2 Å². The molecule has 0 radical (unpaired) electrons. The maximum atomic E-state index is 13.0. The second-order valence-electron chi connectivity index (χ2n) is 16.2. The van der Waals surface area contributed by atoms with E-state index in [1.165, 1.54) is 35.2 Å². The highest BCUT2D eigenvalue weighted by Crippen LogP contribution is 2.58. The standard InChI is InChI=1S/C42H54ClN3O5/c1-26(23-49-36-12-17-44-35-11-6-8-27(2)39(35)36)18-31-19-29-20-37-38(51-25-30(24-50-37)28(3)46(4)5)22-34(29)41(31)13-15-42(16-14-41,40(47)48)45-33-10-7-9-32(43)21-33/h7,9-10,12,17,20-22,26-28,30-31,45H,6,8,11,13-16,18-19,23-25H2,1-5H3,(H,47,48)/t26-,27-,28?,30?,31+,41?,42?/m1/s1. The van der Waals surface area contributed by atoms with E-state index in [1.807, 2.05) is 36.5 Å². The van der Waals surface area contributed by atoms with Gasteiger partial charge >= 0.3 is 5.97 Å². The Kier molecular flexibility index (Phi) is 10.2. The van der Waals surface area contributed by atoms with Gasteiger partial charge in [0.2, 0.25) is 0 Å². The molecular formula is C42H54ClN3O5. The number of aromatic nitrogens is 1. The molecule has 0 amide bonds. The second kappa shape index (κ2) is 14.5. The second-order valence-corrected chi connectivity index (χ2v) is 16.7. The number of aryl methyl sites for hydroxylation is 1. The number of fused-ring (bicyclic) bond motifs is 4. The summed E-state index contributed by atoms with van der Waals surface area (Å²) in [5, 5.41) is 14.7. The van der Waals surface area contributed by atoms with Crippen molar-refractivity contribution in [3.8, 4) is 17.2 Å². The first-order valence-corrected chi connectivity index (χ1v) is 19.3. The van der Waals surface area contributed by atoms with Crippen LogP contribution in [0.1, 0.15) is 94.0 Å². The summed E-state index contributed by atoms with van der Waals surface area (Å²) in [6.07, 6.45) is 9.70. The zero-order valence-corrected chi connectivity index (χ0v) is 31.6. The molecule has 0 bridgehead atoms. The fraction of sp³-hybridized carbons (Fsp3) is 0.571. The fourth-order valence-corrected chi connectivity index (χ4v) is 9.67. The molecule has 1 spiro atoms. The first kappa shape index (κ1) is 35.9. The summed E-state index contributed by atoms with van der Waals surface area (Å²) < 4.78 is 19.6. The molecule has 1 saturated carbocycles. The zero-order valence-electron chi connectivity index (χ0n) is 30.8. The van der Waals surface area contributed by atoms with Crippen LogP contribution >= 0.6 is 11.6 Å². The predicted octanol–water partition coefficient (Wildman–Crippen LogP) is 8.54. The Hall–Kier alpha value is -3.49. The molecule has 9 heteroatoms. The van der Waals surface area contributed by atoms with Gasteiger partial charge in [0.1, 0.15) is 11.3 Å². The molecule has 1 aromatic heterocycles. The average Bonchev–Trinajstić information content (AvgIpc) is 3.23. The Morgan fingerprint density at radius 1 is 1.10 bits per heavy atom. The Morgan fingerprint density at radius 3 is 2.55 bits per heavy atom. The Bertz CT molecular complexity index is 1740. The highest BCUT2D eigenvalue weighted by atomic mass is 35.5. The van der Waals surface area contributed by atoms with E-state index in [4.69, 9.17) is 25.8 Å². The van der Waals surface area contributed by atoms with Crippen molar-refractivity contribution in [2.24, 2.45) is 17.8 Å². The third-order valence-corrected chi connectivity index (χ3v) is 13.0. The van der Waals surface area contributed by atoms with E-state index in [2.05, 4.69) is 62.2 Å². The smallest absolute Gasteiger partial charge is 0.329 e. The Balaban J connectivity index is 1.15. The van der Waals surface area contributed by atoms with Gasteiger partial charge in [-0.2, -0.15) is 0 Å². The molecule has 0 saturated heterocycles. The summed E-state index contributed by atoms with van der Waals surface area (Å²) in [4.78, 5) is 19.9. The number of pyridine rings is 1. The van der Waals surface area contributed by atoms with Crippen LogP contribution in [0.15, 0.2) is 48.7 Å². The molecule has 4 aliphatic rings. The number of halogens is 1. The molecule has 2 unspecified atom stereocenters. The SMILES string of the molecule is CC(C1COc2cc3c(cc2OC1)C1(CCC(Nc2cccc(Cl)c2)(C(=O)O)CC1)[C@@H](C[C@@H](C)COc1ccnc2c1[C@H](C)CCC2)C3)N(C)C. The van der Waals surface area contributed by atoms with Gasteiger partial charge in [0.05, 0.1) is 19.8 Å². The quantitative estimate of drug-likeness (QED) is 0.216. The molecule has 1 fully saturated rings. The molecule has 7 rings (SSSR count). The molecule has 8 nitrogen and oxygen atoms in total. The number of benzene rings is 2. The van der Waals surface area contributed by atoms with Gasteiger partial charge < -0.3 is 29.5 Å². The van der Waals surface area contributed by atoms with Crippen molar-refractivity contribution in [3.63, 3.8) is 0 Å². The van der Waals surface area contributed by atoms with E-state index in [1.54, 1.807) is 0 Å². The minimum atomic E-state index is -1.07. The molecule has 5 atom stereocenters. The van der Waals surface area contributed by atoms with Crippen LogP contribution < -0.4 is 19.5 Å². The number of carboxylic acids is 1.